The maximum atomic E-state index is 11.7. The van der Waals surface area contributed by atoms with Crippen LogP contribution >= 0.6 is 0 Å². The van der Waals surface area contributed by atoms with Crippen LogP contribution in [0.5, 0.6) is 0 Å². The van der Waals surface area contributed by atoms with E-state index in [2.05, 4.69) is 20.9 Å². The summed E-state index contributed by atoms with van der Waals surface area (Å²) in [6.45, 7) is 2.93. The summed E-state index contributed by atoms with van der Waals surface area (Å²) < 4.78 is 0. The molecule has 6 nitrogen and oxygen atoms in total. The number of hydrogen-bond acceptors (Lipinski definition) is 4. The molecule has 0 aliphatic heterocycles. The maximum Gasteiger partial charge on any atom is 0.319 e. The normalized spacial score (nSPS) is 9.95. The molecule has 0 fully saturated rings. The molecule has 1 heterocycles. The first-order valence-corrected chi connectivity index (χ1v) is 6.71. The Hall–Kier alpha value is -2.76. The first-order chi connectivity index (χ1) is 10.2. The lowest BCUT2D eigenvalue weighted by molar-refractivity contribution is 0.252. The van der Waals surface area contributed by atoms with Crippen LogP contribution in [0.3, 0.4) is 0 Å². The van der Waals surface area contributed by atoms with Crippen LogP contribution in [0.25, 0.3) is 0 Å². The van der Waals surface area contributed by atoms with E-state index in [1.165, 1.54) is 0 Å². The number of pyridine rings is 1. The number of carbonyl (C=O) groups is 1. The molecule has 0 atom stereocenters. The van der Waals surface area contributed by atoms with Crippen LogP contribution in [0.1, 0.15) is 5.56 Å². The molecule has 2 rings (SSSR count). The SMILES string of the molecule is Cc1ccnc(NCCNC(=O)Nc2ccccc2)c1N. The van der Waals surface area contributed by atoms with Gasteiger partial charge in [-0.1, -0.05) is 18.2 Å². The third kappa shape index (κ3) is 4.38. The van der Waals surface area contributed by atoms with Crippen molar-refractivity contribution in [1.82, 2.24) is 10.3 Å². The van der Waals surface area contributed by atoms with Gasteiger partial charge in [-0.05, 0) is 30.7 Å². The van der Waals surface area contributed by atoms with Crippen molar-refractivity contribution in [1.29, 1.82) is 0 Å². The predicted molar refractivity (Wildman–Crippen MR) is 85.3 cm³/mol. The molecule has 0 radical (unpaired) electrons. The van der Waals surface area contributed by atoms with E-state index >= 15 is 0 Å². The van der Waals surface area contributed by atoms with Crippen molar-refractivity contribution in [3.8, 4) is 0 Å². The molecule has 1 aromatic carbocycles. The monoisotopic (exact) mass is 285 g/mol. The zero-order valence-electron chi connectivity index (χ0n) is 11.9. The Morgan fingerprint density at radius 1 is 1.19 bits per heavy atom. The highest BCUT2D eigenvalue weighted by molar-refractivity contribution is 5.89. The second-order valence-electron chi connectivity index (χ2n) is 4.56. The van der Waals surface area contributed by atoms with Gasteiger partial charge in [0.05, 0.1) is 5.69 Å². The van der Waals surface area contributed by atoms with Crippen LogP contribution in [0, 0.1) is 6.92 Å². The van der Waals surface area contributed by atoms with Crippen molar-refractivity contribution < 1.29 is 4.79 Å². The molecule has 0 aliphatic carbocycles. The van der Waals surface area contributed by atoms with Gasteiger partial charge in [0.25, 0.3) is 0 Å². The van der Waals surface area contributed by atoms with Crippen LogP contribution < -0.4 is 21.7 Å². The van der Waals surface area contributed by atoms with Gasteiger partial charge < -0.3 is 21.7 Å². The van der Waals surface area contributed by atoms with Crippen molar-refractivity contribution in [2.75, 3.05) is 29.5 Å². The predicted octanol–water partition coefficient (Wildman–Crippen LogP) is 2.21. The summed E-state index contributed by atoms with van der Waals surface area (Å²) in [6.07, 6.45) is 1.70. The smallest absolute Gasteiger partial charge is 0.319 e. The second kappa shape index (κ2) is 7.14. The van der Waals surface area contributed by atoms with E-state index in [9.17, 15) is 4.79 Å². The number of nitrogens with one attached hydrogen (secondary N) is 3. The molecule has 21 heavy (non-hydrogen) atoms. The zero-order chi connectivity index (χ0) is 15.1. The summed E-state index contributed by atoms with van der Waals surface area (Å²) in [5.74, 6) is 0.639. The fraction of sp³-hybridized carbons (Fsp3) is 0.200. The molecule has 0 aliphatic rings. The number of hydrogen-bond donors (Lipinski definition) is 4. The Morgan fingerprint density at radius 3 is 2.71 bits per heavy atom. The Bertz CT molecular complexity index is 600. The lowest BCUT2D eigenvalue weighted by Crippen LogP contribution is -2.32. The van der Waals surface area contributed by atoms with E-state index in [4.69, 9.17) is 5.73 Å². The highest BCUT2D eigenvalue weighted by atomic mass is 16.2. The van der Waals surface area contributed by atoms with Gasteiger partial charge in [0.2, 0.25) is 0 Å². The molecule has 0 unspecified atom stereocenters. The van der Waals surface area contributed by atoms with Gasteiger partial charge in [-0.15, -0.1) is 0 Å². The van der Waals surface area contributed by atoms with Crippen molar-refractivity contribution in [2.45, 2.75) is 6.92 Å². The molecule has 6 heteroatoms. The third-order valence-electron chi connectivity index (χ3n) is 2.94. The van der Waals surface area contributed by atoms with Gasteiger partial charge in [-0.3, -0.25) is 0 Å². The van der Waals surface area contributed by atoms with Crippen LogP contribution in [0.4, 0.5) is 22.0 Å². The van der Waals surface area contributed by atoms with Gasteiger partial charge in [-0.2, -0.15) is 0 Å². The minimum atomic E-state index is -0.242. The van der Waals surface area contributed by atoms with Crippen LogP contribution in [-0.4, -0.2) is 24.1 Å². The van der Waals surface area contributed by atoms with Gasteiger partial charge in [-0.25, -0.2) is 9.78 Å². The van der Waals surface area contributed by atoms with Gasteiger partial charge in [0.15, 0.2) is 0 Å². The Morgan fingerprint density at radius 2 is 1.95 bits per heavy atom. The average molecular weight is 285 g/mol. The molecule has 0 bridgehead atoms. The lowest BCUT2D eigenvalue weighted by atomic mass is 10.2. The van der Waals surface area contributed by atoms with E-state index in [1.54, 1.807) is 6.20 Å². The first-order valence-electron chi connectivity index (χ1n) is 6.71. The number of benzene rings is 1. The molecule has 1 aromatic heterocycles. The van der Waals surface area contributed by atoms with E-state index in [0.717, 1.165) is 11.3 Å². The number of nitrogens with zero attached hydrogens (tertiary/aromatic N) is 1. The number of anilines is 3. The van der Waals surface area contributed by atoms with E-state index < -0.39 is 0 Å². The first kappa shape index (κ1) is 14.6. The molecule has 0 saturated heterocycles. The van der Waals surface area contributed by atoms with Crippen molar-refractivity contribution >= 4 is 23.2 Å². The summed E-state index contributed by atoms with van der Waals surface area (Å²) in [4.78, 5) is 15.8. The number of aryl methyl sites for hydroxylation is 1. The molecule has 110 valence electrons. The zero-order valence-corrected chi connectivity index (χ0v) is 11.9. The van der Waals surface area contributed by atoms with Crippen LogP contribution in [-0.2, 0) is 0 Å². The van der Waals surface area contributed by atoms with E-state index in [1.807, 2.05) is 43.3 Å². The van der Waals surface area contributed by atoms with Crippen molar-refractivity contribution in [2.24, 2.45) is 0 Å². The van der Waals surface area contributed by atoms with Crippen molar-refractivity contribution in [3.05, 3.63) is 48.2 Å². The molecule has 2 amide bonds. The fourth-order valence-corrected chi connectivity index (χ4v) is 1.76. The highest BCUT2D eigenvalue weighted by Crippen LogP contribution is 2.17. The molecule has 2 aromatic rings. The van der Waals surface area contributed by atoms with Gasteiger partial charge >= 0.3 is 6.03 Å². The number of amides is 2. The number of carbonyl (C=O) groups excluding carboxylic acids is 1. The minimum absolute atomic E-state index is 0.242. The molecular weight excluding hydrogens is 266 g/mol. The summed E-state index contributed by atoms with van der Waals surface area (Å²) >= 11 is 0. The summed E-state index contributed by atoms with van der Waals surface area (Å²) in [7, 11) is 0. The van der Waals surface area contributed by atoms with E-state index in [-0.39, 0.29) is 6.03 Å². The molecule has 5 N–H and O–H groups in total. The largest absolute Gasteiger partial charge is 0.396 e. The second-order valence-corrected chi connectivity index (χ2v) is 4.56. The Balaban J connectivity index is 1.72. The Labute approximate surface area is 123 Å². The van der Waals surface area contributed by atoms with Crippen molar-refractivity contribution in [3.63, 3.8) is 0 Å². The third-order valence-corrected chi connectivity index (χ3v) is 2.94. The minimum Gasteiger partial charge on any atom is -0.396 e. The average Bonchev–Trinajstić information content (AvgIpc) is 2.49. The quantitative estimate of drug-likeness (QED) is 0.634. The van der Waals surface area contributed by atoms with Gasteiger partial charge in [0, 0.05) is 25.0 Å². The number of nitrogen functional groups attached to an aromatic ring is 1. The summed E-state index contributed by atoms with van der Waals surface area (Å²) in [5.41, 5.74) is 8.26. The topological polar surface area (TPSA) is 92.1 Å². The number of nitrogens with two attached hydrogens (primary N) is 1. The standard InChI is InChI=1S/C15H19N5O/c1-11-7-8-17-14(13(11)16)18-9-10-19-15(21)20-12-5-3-2-4-6-12/h2-8H,9-10,16H2,1H3,(H,17,18)(H2,19,20,21). The maximum absolute atomic E-state index is 11.7. The van der Waals surface area contributed by atoms with Crippen LogP contribution in [0.2, 0.25) is 0 Å². The number of para-hydroxylation sites is 1. The lowest BCUT2D eigenvalue weighted by Gasteiger charge is -2.11. The Kier molecular flexibility index (Phi) is 4.98. The van der Waals surface area contributed by atoms with E-state index in [0.29, 0.717) is 24.6 Å². The number of urea groups is 1. The summed E-state index contributed by atoms with van der Waals surface area (Å²) in [5, 5.41) is 8.59. The van der Waals surface area contributed by atoms with Crippen LogP contribution in [0.15, 0.2) is 42.6 Å². The summed E-state index contributed by atoms with van der Waals surface area (Å²) in [6, 6.07) is 10.9. The number of aromatic nitrogens is 1. The number of rotatable bonds is 5. The molecule has 0 saturated carbocycles. The van der Waals surface area contributed by atoms with Gasteiger partial charge in [0.1, 0.15) is 5.82 Å². The molecular formula is C15H19N5O. The highest BCUT2D eigenvalue weighted by Gasteiger charge is 2.03. The molecule has 0 spiro atoms. The fourth-order valence-electron chi connectivity index (χ4n) is 1.76.